The highest BCUT2D eigenvalue weighted by Gasteiger charge is 2.10. The highest BCUT2D eigenvalue weighted by Crippen LogP contribution is 2.26. The van der Waals surface area contributed by atoms with E-state index in [2.05, 4.69) is 20.3 Å². The summed E-state index contributed by atoms with van der Waals surface area (Å²) in [7, 11) is 0. The number of rotatable bonds is 2. The Morgan fingerprint density at radius 1 is 1.00 bits per heavy atom. The van der Waals surface area contributed by atoms with E-state index >= 15 is 0 Å². The van der Waals surface area contributed by atoms with Gasteiger partial charge in [0.05, 0.1) is 12.1 Å². The third kappa shape index (κ3) is 2.40. The second-order valence-corrected chi connectivity index (χ2v) is 4.99. The van der Waals surface area contributed by atoms with Crippen molar-refractivity contribution in [3.05, 3.63) is 48.0 Å². The standard InChI is InChI=1S/C16H14N4O.ClH/c21-13-3-1-2-12-14(13)20-16(19-12)11-6-4-10(5-7-11)15-17-8-9-18-15;/h1-7,21H,8-9H2,(H,17,18)(H,19,20);1H. The Hall–Kier alpha value is -2.53. The van der Waals surface area contributed by atoms with Gasteiger partial charge in [0.1, 0.15) is 22.9 Å². The van der Waals surface area contributed by atoms with Gasteiger partial charge in [0, 0.05) is 17.7 Å². The summed E-state index contributed by atoms with van der Waals surface area (Å²) in [5.74, 6) is 1.89. The van der Waals surface area contributed by atoms with Gasteiger partial charge in [0.15, 0.2) is 0 Å². The van der Waals surface area contributed by atoms with Crippen LogP contribution in [0, 0.1) is 0 Å². The monoisotopic (exact) mass is 314 g/mol. The number of fused-ring (bicyclic) bond motifs is 1. The van der Waals surface area contributed by atoms with Crippen LogP contribution in [0.4, 0.5) is 0 Å². The average Bonchev–Trinajstić information content (AvgIpc) is 3.18. The SMILES string of the molecule is Cl.Oc1cccc2[nH]c(-c3ccc(C4=NCCN4)cc3)nc12. The van der Waals surface area contributed by atoms with Gasteiger partial charge in [-0.1, -0.05) is 30.3 Å². The lowest BCUT2D eigenvalue weighted by Gasteiger charge is -2.03. The Morgan fingerprint density at radius 3 is 2.45 bits per heavy atom. The van der Waals surface area contributed by atoms with Crippen LogP contribution in [0.25, 0.3) is 22.4 Å². The number of nitrogens with one attached hydrogen (secondary N) is 2. The minimum Gasteiger partial charge on any atom is -0.506 e. The predicted molar refractivity (Wildman–Crippen MR) is 89.8 cm³/mol. The van der Waals surface area contributed by atoms with Crippen LogP contribution >= 0.6 is 12.4 Å². The van der Waals surface area contributed by atoms with Crippen molar-refractivity contribution in [2.75, 3.05) is 13.1 Å². The molecule has 0 spiro atoms. The van der Waals surface area contributed by atoms with E-state index in [1.54, 1.807) is 12.1 Å². The molecule has 2 aromatic carbocycles. The molecule has 5 nitrogen and oxygen atoms in total. The summed E-state index contributed by atoms with van der Waals surface area (Å²) < 4.78 is 0. The zero-order valence-electron chi connectivity index (χ0n) is 11.7. The molecule has 22 heavy (non-hydrogen) atoms. The quantitative estimate of drug-likeness (QED) is 0.681. The molecule has 1 aliphatic rings. The van der Waals surface area contributed by atoms with Crippen LogP contribution in [-0.4, -0.2) is 34.0 Å². The van der Waals surface area contributed by atoms with Crippen LogP contribution in [0.3, 0.4) is 0 Å². The largest absolute Gasteiger partial charge is 0.506 e. The summed E-state index contributed by atoms with van der Waals surface area (Å²) >= 11 is 0. The Kier molecular flexibility index (Phi) is 3.73. The molecule has 0 fully saturated rings. The maximum absolute atomic E-state index is 9.81. The number of imidazole rings is 1. The molecule has 3 aromatic rings. The van der Waals surface area contributed by atoms with E-state index in [1.807, 2.05) is 30.3 Å². The molecule has 0 saturated heterocycles. The van der Waals surface area contributed by atoms with Crippen molar-refractivity contribution in [3.8, 4) is 17.1 Å². The minimum absolute atomic E-state index is 0. The fraction of sp³-hybridized carbons (Fsp3) is 0.125. The number of H-pyrrole nitrogens is 1. The van der Waals surface area contributed by atoms with E-state index in [0.717, 1.165) is 41.4 Å². The van der Waals surface area contributed by atoms with Crippen LogP contribution in [0.1, 0.15) is 5.56 Å². The van der Waals surface area contributed by atoms with Crippen LogP contribution in [0.2, 0.25) is 0 Å². The number of nitrogens with zero attached hydrogens (tertiary/aromatic N) is 2. The van der Waals surface area contributed by atoms with E-state index < -0.39 is 0 Å². The van der Waals surface area contributed by atoms with Crippen LogP contribution in [0.15, 0.2) is 47.5 Å². The predicted octanol–water partition coefficient (Wildman–Crippen LogP) is 2.71. The number of amidine groups is 1. The van der Waals surface area contributed by atoms with Gasteiger partial charge >= 0.3 is 0 Å². The van der Waals surface area contributed by atoms with Crippen molar-refractivity contribution in [2.24, 2.45) is 4.99 Å². The molecule has 0 unspecified atom stereocenters. The number of aromatic amines is 1. The van der Waals surface area contributed by atoms with Crippen LogP contribution in [-0.2, 0) is 0 Å². The van der Waals surface area contributed by atoms with Gasteiger partial charge in [-0.3, -0.25) is 4.99 Å². The summed E-state index contributed by atoms with van der Waals surface area (Å²) in [5, 5.41) is 13.1. The van der Waals surface area contributed by atoms with E-state index in [0.29, 0.717) is 5.52 Å². The van der Waals surface area contributed by atoms with Crippen molar-refractivity contribution in [1.29, 1.82) is 0 Å². The van der Waals surface area contributed by atoms with Gasteiger partial charge in [-0.15, -0.1) is 12.4 Å². The highest BCUT2D eigenvalue weighted by molar-refractivity contribution is 6.00. The molecule has 0 atom stereocenters. The van der Waals surface area contributed by atoms with Gasteiger partial charge in [-0.25, -0.2) is 4.98 Å². The van der Waals surface area contributed by atoms with Gasteiger partial charge < -0.3 is 15.4 Å². The molecular weight excluding hydrogens is 300 g/mol. The zero-order chi connectivity index (χ0) is 14.2. The molecule has 0 radical (unpaired) electrons. The lowest BCUT2D eigenvalue weighted by Crippen LogP contribution is -2.19. The number of aliphatic imine (C=N–C) groups is 1. The first-order valence-corrected chi connectivity index (χ1v) is 6.88. The number of aromatic nitrogens is 2. The number of phenols is 1. The molecule has 4 rings (SSSR count). The number of hydrogen-bond acceptors (Lipinski definition) is 4. The Bertz CT molecular complexity index is 839. The number of benzene rings is 2. The fourth-order valence-corrected chi connectivity index (χ4v) is 2.53. The van der Waals surface area contributed by atoms with Crippen molar-refractivity contribution in [3.63, 3.8) is 0 Å². The normalized spacial score (nSPS) is 13.5. The molecule has 0 aliphatic carbocycles. The lowest BCUT2D eigenvalue weighted by molar-refractivity contribution is 0.480. The number of halogens is 1. The van der Waals surface area contributed by atoms with Gasteiger partial charge in [0.25, 0.3) is 0 Å². The first-order valence-electron chi connectivity index (χ1n) is 6.88. The second-order valence-electron chi connectivity index (χ2n) is 4.99. The van der Waals surface area contributed by atoms with E-state index in [-0.39, 0.29) is 18.2 Å². The Morgan fingerprint density at radius 2 is 1.77 bits per heavy atom. The molecule has 2 heterocycles. The first kappa shape index (κ1) is 14.4. The van der Waals surface area contributed by atoms with Crippen LogP contribution < -0.4 is 5.32 Å². The zero-order valence-corrected chi connectivity index (χ0v) is 12.5. The molecular formula is C16H15ClN4O. The molecule has 0 saturated carbocycles. The van der Waals surface area contributed by atoms with Crippen molar-refractivity contribution >= 4 is 29.3 Å². The third-order valence-corrected chi connectivity index (χ3v) is 3.60. The smallest absolute Gasteiger partial charge is 0.143 e. The summed E-state index contributed by atoms with van der Waals surface area (Å²) in [4.78, 5) is 12.1. The summed E-state index contributed by atoms with van der Waals surface area (Å²) in [6.07, 6.45) is 0. The van der Waals surface area contributed by atoms with Crippen LogP contribution in [0.5, 0.6) is 5.75 Å². The maximum atomic E-state index is 9.81. The molecule has 1 aromatic heterocycles. The summed E-state index contributed by atoms with van der Waals surface area (Å²) in [6, 6.07) is 13.4. The highest BCUT2D eigenvalue weighted by atomic mass is 35.5. The molecule has 6 heteroatoms. The van der Waals surface area contributed by atoms with E-state index in [1.165, 1.54) is 0 Å². The first-order chi connectivity index (χ1) is 10.3. The van der Waals surface area contributed by atoms with Gasteiger partial charge in [-0.05, 0) is 12.1 Å². The number of para-hydroxylation sites is 1. The topological polar surface area (TPSA) is 73.3 Å². The summed E-state index contributed by atoms with van der Waals surface area (Å²) in [6.45, 7) is 1.74. The molecule has 3 N–H and O–H groups in total. The van der Waals surface area contributed by atoms with Crippen molar-refractivity contribution in [2.45, 2.75) is 0 Å². The molecule has 112 valence electrons. The van der Waals surface area contributed by atoms with Gasteiger partial charge in [0.2, 0.25) is 0 Å². The average molecular weight is 315 g/mol. The third-order valence-electron chi connectivity index (χ3n) is 3.60. The number of aromatic hydroxyl groups is 1. The summed E-state index contributed by atoms with van der Waals surface area (Å²) in [5.41, 5.74) is 3.48. The van der Waals surface area contributed by atoms with Crippen molar-refractivity contribution < 1.29 is 5.11 Å². The Labute approximate surface area is 133 Å². The van der Waals surface area contributed by atoms with E-state index in [9.17, 15) is 5.11 Å². The molecule has 0 bridgehead atoms. The maximum Gasteiger partial charge on any atom is 0.143 e. The lowest BCUT2D eigenvalue weighted by atomic mass is 10.1. The molecule has 0 amide bonds. The fourth-order valence-electron chi connectivity index (χ4n) is 2.53. The van der Waals surface area contributed by atoms with Gasteiger partial charge in [-0.2, -0.15) is 0 Å². The molecule has 1 aliphatic heterocycles. The minimum atomic E-state index is 0. The van der Waals surface area contributed by atoms with Crippen molar-refractivity contribution in [1.82, 2.24) is 15.3 Å². The number of phenolic OH excluding ortho intramolecular Hbond substituents is 1. The Balaban J connectivity index is 0.00000144. The van der Waals surface area contributed by atoms with E-state index in [4.69, 9.17) is 0 Å². The number of hydrogen-bond donors (Lipinski definition) is 3. The second kappa shape index (κ2) is 5.69.